The molecule has 100 valence electrons. The van der Waals surface area contributed by atoms with Gasteiger partial charge in [-0.25, -0.2) is 0 Å². The van der Waals surface area contributed by atoms with Crippen LogP contribution < -0.4 is 10.1 Å². The molecule has 1 unspecified atom stereocenters. The van der Waals surface area contributed by atoms with Crippen molar-refractivity contribution in [2.75, 3.05) is 12.4 Å². The molecule has 2 aromatic rings. The Labute approximate surface area is 115 Å². The zero-order valence-electron chi connectivity index (χ0n) is 11.8. The summed E-state index contributed by atoms with van der Waals surface area (Å²) in [4.78, 5) is 0. The van der Waals surface area contributed by atoms with Gasteiger partial charge in [-0.2, -0.15) is 0 Å². The molecule has 2 aromatic carbocycles. The van der Waals surface area contributed by atoms with E-state index in [0.29, 0.717) is 0 Å². The second-order valence-electron chi connectivity index (χ2n) is 4.66. The molecule has 0 aliphatic carbocycles. The Bertz CT molecular complexity index is 519. The van der Waals surface area contributed by atoms with Crippen LogP contribution in [0.3, 0.4) is 0 Å². The van der Waals surface area contributed by atoms with Gasteiger partial charge in [-0.3, -0.25) is 0 Å². The summed E-state index contributed by atoms with van der Waals surface area (Å²) < 4.78 is 5.36. The monoisotopic (exact) mass is 255 g/mol. The lowest BCUT2D eigenvalue weighted by Gasteiger charge is -2.18. The Balaban J connectivity index is 2.13. The minimum atomic E-state index is 0.252. The van der Waals surface area contributed by atoms with E-state index in [-0.39, 0.29) is 6.04 Å². The van der Waals surface area contributed by atoms with E-state index in [1.807, 2.05) is 24.3 Å². The van der Waals surface area contributed by atoms with Crippen molar-refractivity contribution in [2.45, 2.75) is 26.3 Å². The van der Waals surface area contributed by atoms with Crippen molar-refractivity contribution < 1.29 is 4.74 Å². The highest BCUT2D eigenvalue weighted by Gasteiger charge is 2.08. The van der Waals surface area contributed by atoms with E-state index in [4.69, 9.17) is 4.74 Å². The smallest absolute Gasteiger partial charge is 0.141 e. The van der Waals surface area contributed by atoms with Crippen LogP contribution in [0.5, 0.6) is 5.75 Å². The molecular formula is C17H21NO. The topological polar surface area (TPSA) is 21.3 Å². The van der Waals surface area contributed by atoms with Gasteiger partial charge in [0.15, 0.2) is 0 Å². The predicted molar refractivity (Wildman–Crippen MR) is 80.9 cm³/mol. The molecule has 0 fully saturated rings. The van der Waals surface area contributed by atoms with Crippen LogP contribution in [0.25, 0.3) is 0 Å². The third kappa shape index (κ3) is 3.28. The number of aryl methyl sites for hydroxylation is 1. The first-order chi connectivity index (χ1) is 9.24. The lowest BCUT2D eigenvalue weighted by molar-refractivity contribution is 0.416. The summed E-state index contributed by atoms with van der Waals surface area (Å²) in [6.07, 6.45) is 1.08. The standard InChI is InChI=1S/C17H21NO/c1-4-14-9-11-15(12-10-14)13(2)18-16-7-5-6-8-17(16)19-3/h5-13,18H,4H2,1-3H3. The van der Waals surface area contributed by atoms with Crippen LogP contribution in [0.1, 0.15) is 31.0 Å². The Morgan fingerprint density at radius 2 is 1.74 bits per heavy atom. The molecule has 0 aliphatic heterocycles. The van der Waals surface area contributed by atoms with Crippen molar-refractivity contribution in [3.63, 3.8) is 0 Å². The molecule has 0 aromatic heterocycles. The average Bonchev–Trinajstić information content (AvgIpc) is 2.48. The van der Waals surface area contributed by atoms with Crippen LogP contribution in [-0.4, -0.2) is 7.11 Å². The van der Waals surface area contributed by atoms with Crippen molar-refractivity contribution in [3.05, 3.63) is 59.7 Å². The number of hydrogen-bond donors (Lipinski definition) is 1. The summed E-state index contributed by atoms with van der Waals surface area (Å²) in [7, 11) is 1.70. The van der Waals surface area contributed by atoms with Gasteiger partial charge in [-0.05, 0) is 36.6 Å². The Kier molecular flexibility index (Phi) is 4.45. The van der Waals surface area contributed by atoms with E-state index in [1.54, 1.807) is 7.11 Å². The van der Waals surface area contributed by atoms with E-state index in [0.717, 1.165) is 17.9 Å². The predicted octanol–water partition coefficient (Wildman–Crippen LogP) is 4.43. The summed E-state index contributed by atoms with van der Waals surface area (Å²) in [5.41, 5.74) is 3.67. The maximum atomic E-state index is 5.36. The fourth-order valence-corrected chi connectivity index (χ4v) is 2.12. The molecule has 0 radical (unpaired) electrons. The van der Waals surface area contributed by atoms with Crippen molar-refractivity contribution in [1.29, 1.82) is 0 Å². The Hall–Kier alpha value is -1.96. The van der Waals surface area contributed by atoms with E-state index in [9.17, 15) is 0 Å². The Morgan fingerprint density at radius 1 is 1.05 bits per heavy atom. The first-order valence-electron chi connectivity index (χ1n) is 6.73. The molecular weight excluding hydrogens is 234 g/mol. The molecule has 0 bridgehead atoms. The normalized spacial score (nSPS) is 11.9. The van der Waals surface area contributed by atoms with E-state index in [1.165, 1.54) is 11.1 Å². The van der Waals surface area contributed by atoms with Crippen LogP contribution in [0.4, 0.5) is 5.69 Å². The molecule has 2 nitrogen and oxygen atoms in total. The van der Waals surface area contributed by atoms with E-state index >= 15 is 0 Å². The van der Waals surface area contributed by atoms with Gasteiger partial charge < -0.3 is 10.1 Å². The van der Waals surface area contributed by atoms with Crippen molar-refractivity contribution >= 4 is 5.69 Å². The van der Waals surface area contributed by atoms with Crippen LogP contribution in [-0.2, 0) is 6.42 Å². The fraction of sp³-hybridized carbons (Fsp3) is 0.294. The number of benzene rings is 2. The van der Waals surface area contributed by atoms with Gasteiger partial charge >= 0.3 is 0 Å². The minimum absolute atomic E-state index is 0.252. The van der Waals surface area contributed by atoms with Gasteiger partial charge in [0, 0.05) is 6.04 Å². The number of ether oxygens (including phenoxy) is 1. The average molecular weight is 255 g/mol. The van der Waals surface area contributed by atoms with Gasteiger partial charge in [-0.15, -0.1) is 0 Å². The summed E-state index contributed by atoms with van der Waals surface area (Å²) in [6, 6.07) is 17.0. The van der Waals surface area contributed by atoms with Crippen molar-refractivity contribution in [2.24, 2.45) is 0 Å². The second kappa shape index (κ2) is 6.28. The van der Waals surface area contributed by atoms with Gasteiger partial charge in [0.25, 0.3) is 0 Å². The number of para-hydroxylation sites is 2. The molecule has 0 saturated carbocycles. The number of anilines is 1. The summed E-state index contributed by atoms with van der Waals surface area (Å²) in [5, 5.41) is 3.49. The van der Waals surface area contributed by atoms with Crippen LogP contribution in [0.2, 0.25) is 0 Å². The summed E-state index contributed by atoms with van der Waals surface area (Å²) in [5.74, 6) is 0.875. The number of rotatable bonds is 5. The fourth-order valence-electron chi connectivity index (χ4n) is 2.12. The van der Waals surface area contributed by atoms with E-state index in [2.05, 4.69) is 43.4 Å². The first-order valence-corrected chi connectivity index (χ1v) is 6.73. The molecule has 19 heavy (non-hydrogen) atoms. The molecule has 2 rings (SSSR count). The van der Waals surface area contributed by atoms with E-state index < -0.39 is 0 Å². The van der Waals surface area contributed by atoms with Gasteiger partial charge in [-0.1, -0.05) is 43.3 Å². The highest BCUT2D eigenvalue weighted by Crippen LogP contribution is 2.27. The van der Waals surface area contributed by atoms with Gasteiger partial charge in [0.1, 0.15) is 5.75 Å². The molecule has 1 N–H and O–H groups in total. The second-order valence-corrected chi connectivity index (χ2v) is 4.66. The molecule has 0 heterocycles. The highest BCUT2D eigenvalue weighted by molar-refractivity contribution is 5.57. The lowest BCUT2D eigenvalue weighted by atomic mass is 10.0. The molecule has 0 aliphatic rings. The molecule has 1 atom stereocenters. The maximum Gasteiger partial charge on any atom is 0.141 e. The SMILES string of the molecule is CCc1ccc(C(C)Nc2ccccc2OC)cc1. The molecule has 0 spiro atoms. The molecule has 2 heteroatoms. The van der Waals surface area contributed by atoms with Crippen LogP contribution in [0.15, 0.2) is 48.5 Å². The van der Waals surface area contributed by atoms with Gasteiger partial charge in [0.2, 0.25) is 0 Å². The third-order valence-corrected chi connectivity index (χ3v) is 3.37. The van der Waals surface area contributed by atoms with Crippen molar-refractivity contribution in [3.8, 4) is 5.75 Å². The summed E-state index contributed by atoms with van der Waals surface area (Å²) >= 11 is 0. The third-order valence-electron chi connectivity index (χ3n) is 3.37. The lowest BCUT2D eigenvalue weighted by Crippen LogP contribution is -2.07. The van der Waals surface area contributed by atoms with Crippen LogP contribution in [0, 0.1) is 0 Å². The molecule has 0 saturated heterocycles. The Morgan fingerprint density at radius 3 is 2.37 bits per heavy atom. The quantitative estimate of drug-likeness (QED) is 0.853. The van der Waals surface area contributed by atoms with Gasteiger partial charge in [0.05, 0.1) is 12.8 Å². The number of nitrogens with one attached hydrogen (secondary N) is 1. The minimum Gasteiger partial charge on any atom is -0.495 e. The zero-order valence-corrected chi connectivity index (χ0v) is 11.8. The summed E-state index contributed by atoms with van der Waals surface area (Å²) in [6.45, 7) is 4.33. The zero-order chi connectivity index (χ0) is 13.7. The maximum absolute atomic E-state index is 5.36. The number of methoxy groups -OCH3 is 1. The highest BCUT2D eigenvalue weighted by atomic mass is 16.5. The first kappa shape index (κ1) is 13.5. The molecule has 0 amide bonds. The number of hydrogen-bond acceptors (Lipinski definition) is 2. The van der Waals surface area contributed by atoms with Crippen molar-refractivity contribution in [1.82, 2.24) is 0 Å². The van der Waals surface area contributed by atoms with Crippen LogP contribution >= 0.6 is 0 Å². The largest absolute Gasteiger partial charge is 0.495 e.